The molecule has 0 bridgehead atoms. The molecule has 0 atom stereocenters. The van der Waals surface area contributed by atoms with E-state index < -0.39 is 5.60 Å². The van der Waals surface area contributed by atoms with Crippen molar-refractivity contribution in [1.82, 2.24) is 10.3 Å². The van der Waals surface area contributed by atoms with Gasteiger partial charge in [-0.3, -0.25) is 4.98 Å². The number of ether oxygens (including phenoxy) is 2. The zero-order chi connectivity index (χ0) is 16.2. The lowest BCUT2D eigenvalue weighted by Crippen LogP contribution is -2.42. The highest BCUT2D eigenvalue weighted by atomic mass is 79.9. The van der Waals surface area contributed by atoms with E-state index in [0.717, 1.165) is 35.9 Å². The fraction of sp³-hybridized carbons (Fsp3) is 0.625. The number of nitrogens with one attached hydrogen (secondary N) is 1. The Morgan fingerprint density at radius 2 is 1.95 bits per heavy atom. The zero-order valence-electron chi connectivity index (χ0n) is 13.3. The zero-order valence-corrected chi connectivity index (χ0v) is 14.9. The van der Waals surface area contributed by atoms with Gasteiger partial charge in [0.2, 0.25) is 0 Å². The van der Waals surface area contributed by atoms with E-state index >= 15 is 0 Å². The van der Waals surface area contributed by atoms with E-state index in [1.807, 2.05) is 26.8 Å². The molecule has 1 saturated carbocycles. The lowest BCUT2D eigenvalue weighted by Gasteiger charge is -2.30. The minimum Gasteiger partial charge on any atom is -0.489 e. The van der Waals surface area contributed by atoms with Crippen molar-refractivity contribution in [1.29, 1.82) is 0 Å². The van der Waals surface area contributed by atoms with Gasteiger partial charge in [0.15, 0.2) is 0 Å². The lowest BCUT2D eigenvalue weighted by molar-refractivity contribution is 0.0471. The lowest BCUT2D eigenvalue weighted by atomic mass is 9.93. The predicted molar refractivity (Wildman–Crippen MR) is 88.0 cm³/mol. The fourth-order valence-electron chi connectivity index (χ4n) is 2.45. The van der Waals surface area contributed by atoms with E-state index in [9.17, 15) is 4.79 Å². The normalized spacial score (nSPS) is 22.0. The van der Waals surface area contributed by atoms with Gasteiger partial charge in [-0.25, -0.2) is 4.79 Å². The first-order valence-electron chi connectivity index (χ1n) is 7.58. The van der Waals surface area contributed by atoms with Crippen molar-refractivity contribution in [2.75, 3.05) is 0 Å². The maximum absolute atomic E-state index is 11.8. The van der Waals surface area contributed by atoms with Crippen LogP contribution in [0.5, 0.6) is 5.75 Å². The molecule has 0 aliphatic heterocycles. The molecular formula is C16H23BrN2O3. The van der Waals surface area contributed by atoms with Crippen LogP contribution in [0.3, 0.4) is 0 Å². The van der Waals surface area contributed by atoms with Crippen LogP contribution in [0.15, 0.2) is 22.9 Å². The number of aromatic nitrogens is 1. The minimum absolute atomic E-state index is 0.162. The van der Waals surface area contributed by atoms with E-state index in [2.05, 4.69) is 26.2 Å². The van der Waals surface area contributed by atoms with Gasteiger partial charge in [-0.1, -0.05) is 0 Å². The summed E-state index contributed by atoms with van der Waals surface area (Å²) in [6.07, 6.45) is 6.89. The molecule has 0 radical (unpaired) electrons. The number of pyridine rings is 1. The number of nitrogens with zero attached hydrogens (tertiary/aromatic N) is 1. The van der Waals surface area contributed by atoms with E-state index in [-0.39, 0.29) is 18.2 Å². The Balaban J connectivity index is 1.75. The Morgan fingerprint density at radius 3 is 2.55 bits per heavy atom. The SMILES string of the molecule is CC(C)(C)OC(=O)NC1CCC(Oc2cncc(Br)c2)CC1. The smallest absolute Gasteiger partial charge is 0.407 e. The molecule has 2 rings (SSSR count). The summed E-state index contributed by atoms with van der Waals surface area (Å²) in [5.41, 5.74) is -0.460. The van der Waals surface area contributed by atoms with Gasteiger partial charge in [-0.2, -0.15) is 0 Å². The van der Waals surface area contributed by atoms with Crippen molar-refractivity contribution < 1.29 is 14.3 Å². The first kappa shape index (κ1) is 17.1. The van der Waals surface area contributed by atoms with Crippen LogP contribution in [0.2, 0.25) is 0 Å². The van der Waals surface area contributed by atoms with E-state index in [0.29, 0.717) is 0 Å². The third-order valence-corrected chi connectivity index (χ3v) is 3.81. The average Bonchev–Trinajstić information content (AvgIpc) is 2.39. The maximum Gasteiger partial charge on any atom is 0.407 e. The molecule has 22 heavy (non-hydrogen) atoms. The van der Waals surface area contributed by atoms with Crippen molar-refractivity contribution >= 4 is 22.0 Å². The van der Waals surface area contributed by atoms with Crippen LogP contribution in [-0.4, -0.2) is 28.8 Å². The topological polar surface area (TPSA) is 60.5 Å². The van der Waals surface area contributed by atoms with Crippen LogP contribution in [-0.2, 0) is 4.74 Å². The van der Waals surface area contributed by atoms with Gasteiger partial charge < -0.3 is 14.8 Å². The largest absolute Gasteiger partial charge is 0.489 e. The second kappa shape index (κ2) is 7.31. The van der Waals surface area contributed by atoms with Gasteiger partial charge in [-0.05, 0) is 68.5 Å². The summed E-state index contributed by atoms with van der Waals surface area (Å²) in [6, 6.07) is 2.08. The van der Waals surface area contributed by atoms with E-state index in [1.165, 1.54) is 0 Å². The second-order valence-electron chi connectivity index (χ2n) is 6.58. The van der Waals surface area contributed by atoms with Crippen LogP contribution in [0, 0.1) is 0 Å². The average molecular weight is 371 g/mol. The molecule has 0 saturated heterocycles. The number of carbonyl (C=O) groups excluding carboxylic acids is 1. The summed E-state index contributed by atoms with van der Waals surface area (Å²) < 4.78 is 12.1. The molecule has 0 unspecified atom stereocenters. The Labute approximate surface area is 139 Å². The van der Waals surface area contributed by atoms with Gasteiger partial charge in [-0.15, -0.1) is 0 Å². The first-order chi connectivity index (χ1) is 10.3. The van der Waals surface area contributed by atoms with Crippen molar-refractivity contribution in [3.05, 3.63) is 22.9 Å². The molecule has 1 heterocycles. The Morgan fingerprint density at radius 1 is 1.27 bits per heavy atom. The molecule has 1 aromatic heterocycles. The number of amides is 1. The summed E-state index contributed by atoms with van der Waals surface area (Å²) >= 11 is 3.38. The standard InChI is InChI=1S/C16H23BrN2O3/c1-16(2,3)22-15(20)19-12-4-6-13(7-5-12)21-14-8-11(17)9-18-10-14/h8-10,12-13H,4-7H2,1-3H3,(H,19,20). The van der Waals surface area contributed by atoms with Crippen molar-refractivity contribution in [2.24, 2.45) is 0 Å². The molecule has 1 amide bonds. The minimum atomic E-state index is -0.460. The predicted octanol–water partition coefficient (Wildman–Crippen LogP) is 4.06. The highest BCUT2D eigenvalue weighted by Gasteiger charge is 2.25. The van der Waals surface area contributed by atoms with Crippen LogP contribution >= 0.6 is 15.9 Å². The number of alkyl carbamates (subject to hydrolysis) is 1. The molecule has 1 N–H and O–H groups in total. The van der Waals surface area contributed by atoms with Crippen LogP contribution in [0.25, 0.3) is 0 Å². The van der Waals surface area contributed by atoms with Crippen LogP contribution in [0.4, 0.5) is 4.79 Å². The summed E-state index contributed by atoms with van der Waals surface area (Å²) in [4.78, 5) is 15.9. The summed E-state index contributed by atoms with van der Waals surface area (Å²) in [7, 11) is 0. The molecule has 1 aliphatic carbocycles. The van der Waals surface area contributed by atoms with Crippen LogP contribution in [0.1, 0.15) is 46.5 Å². The fourth-order valence-corrected chi connectivity index (χ4v) is 2.79. The number of hydrogen-bond donors (Lipinski definition) is 1. The van der Waals surface area contributed by atoms with Gasteiger partial charge in [0.25, 0.3) is 0 Å². The van der Waals surface area contributed by atoms with Crippen molar-refractivity contribution in [2.45, 2.75) is 64.2 Å². The highest BCUT2D eigenvalue weighted by molar-refractivity contribution is 9.10. The second-order valence-corrected chi connectivity index (χ2v) is 7.49. The quantitative estimate of drug-likeness (QED) is 0.871. The molecule has 5 nitrogen and oxygen atoms in total. The molecule has 6 heteroatoms. The summed E-state index contributed by atoms with van der Waals surface area (Å²) in [5, 5.41) is 2.93. The van der Waals surface area contributed by atoms with Gasteiger partial charge in [0.05, 0.1) is 12.3 Å². The first-order valence-corrected chi connectivity index (χ1v) is 8.38. The van der Waals surface area contributed by atoms with Gasteiger partial charge >= 0.3 is 6.09 Å². The molecule has 1 aromatic rings. The molecule has 1 aliphatic rings. The molecular weight excluding hydrogens is 348 g/mol. The Bertz CT molecular complexity index is 508. The van der Waals surface area contributed by atoms with Gasteiger partial charge in [0.1, 0.15) is 11.4 Å². The summed E-state index contributed by atoms with van der Waals surface area (Å²) in [6.45, 7) is 5.59. The molecule has 0 aromatic carbocycles. The number of rotatable bonds is 3. The number of hydrogen-bond acceptors (Lipinski definition) is 4. The third-order valence-electron chi connectivity index (χ3n) is 3.38. The van der Waals surface area contributed by atoms with Crippen LogP contribution < -0.4 is 10.1 Å². The molecule has 122 valence electrons. The summed E-state index contributed by atoms with van der Waals surface area (Å²) in [5.74, 6) is 0.776. The number of halogens is 1. The van der Waals surface area contributed by atoms with Crippen molar-refractivity contribution in [3.8, 4) is 5.75 Å². The molecule has 0 spiro atoms. The third kappa shape index (κ3) is 5.83. The maximum atomic E-state index is 11.8. The Hall–Kier alpha value is -1.30. The molecule has 1 fully saturated rings. The van der Waals surface area contributed by atoms with Crippen molar-refractivity contribution in [3.63, 3.8) is 0 Å². The highest BCUT2D eigenvalue weighted by Crippen LogP contribution is 2.25. The number of carbonyl (C=O) groups is 1. The van der Waals surface area contributed by atoms with E-state index in [4.69, 9.17) is 9.47 Å². The van der Waals surface area contributed by atoms with E-state index in [1.54, 1.807) is 12.4 Å². The van der Waals surface area contributed by atoms with Gasteiger partial charge in [0, 0.05) is 16.7 Å². The Kier molecular flexibility index (Phi) is 5.67. The monoisotopic (exact) mass is 370 g/mol.